The summed E-state index contributed by atoms with van der Waals surface area (Å²) < 4.78 is 0. The van der Waals surface area contributed by atoms with Gasteiger partial charge in [-0.3, -0.25) is 0 Å². The van der Waals surface area contributed by atoms with Crippen molar-refractivity contribution in [3.63, 3.8) is 0 Å². The molecule has 1 saturated heterocycles. The molecule has 0 aromatic heterocycles. The lowest BCUT2D eigenvalue weighted by atomic mass is 10.1. The van der Waals surface area contributed by atoms with E-state index in [-0.39, 0.29) is 0 Å². The van der Waals surface area contributed by atoms with E-state index in [1.807, 2.05) is 13.8 Å². The van der Waals surface area contributed by atoms with Crippen molar-refractivity contribution in [3.05, 3.63) is 0 Å². The smallest absolute Gasteiger partial charge is 0.0105 e. The van der Waals surface area contributed by atoms with E-state index in [9.17, 15) is 0 Å². The van der Waals surface area contributed by atoms with Gasteiger partial charge < -0.3 is 10.6 Å². The topological polar surface area (TPSA) is 29.3 Å². The molecule has 2 heteroatoms. The van der Waals surface area contributed by atoms with Crippen molar-refractivity contribution in [1.82, 2.24) is 4.90 Å². The molecule has 1 unspecified atom stereocenters. The second-order valence-electron chi connectivity index (χ2n) is 2.85. The molecule has 1 atom stereocenters. The molecule has 2 nitrogen and oxygen atoms in total. The summed E-state index contributed by atoms with van der Waals surface area (Å²) >= 11 is 0. The van der Waals surface area contributed by atoms with Gasteiger partial charge in [-0.1, -0.05) is 13.8 Å². The van der Waals surface area contributed by atoms with Crippen LogP contribution in [0.15, 0.2) is 0 Å². The minimum atomic E-state index is 0.787. The highest BCUT2D eigenvalue weighted by Crippen LogP contribution is 2.16. The normalized spacial score (nSPS) is 24.5. The molecule has 0 bridgehead atoms. The molecular formula is C9H22N2. The first-order valence-electron chi connectivity index (χ1n) is 4.75. The van der Waals surface area contributed by atoms with E-state index in [2.05, 4.69) is 11.9 Å². The van der Waals surface area contributed by atoms with Gasteiger partial charge >= 0.3 is 0 Å². The molecule has 0 aliphatic carbocycles. The summed E-state index contributed by atoms with van der Waals surface area (Å²) in [5.41, 5.74) is 5.44. The molecule has 0 amide bonds. The van der Waals surface area contributed by atoms with Crippen molar-refractivity contribution < 1.29 is 0 Å². The maximum absolute atomic E-state index is 5.44. The molecule has 0 radical (unpaired) electrons. The van der Waals surface area contributed by atoms with Crippen LogP contribution in [0.2, 0.25) is 0 Å². The monoisotopic (exact) mass is 158 g/mol. The number of likely N-dealkylation sites (tertiary alicyclic amines) is 1. The highest BCUT2D eigenvalue weighted by atomic mass is 15.1. The highest BCUT2D eigenvalue weighted by Gasteiger charge is 2.18. The zero-order valence-corrected chi connectivity index (χ0v) is 8.14. The van der Waals surface area contributed by atoms with Gasteiger partial charge in [0.25, 0.3) is 0 Å². The van der Waals surface area contributed by atoms with Crippen molar-refractivity contribution in [2.75, 3.05) is 20.1 Å². The van der Waals surface area contributed by atoms with E-state index in [1.165, 1.54) is 25.8 Å². The van der Waals surface area contributed by atoms with Gasteiger partial charge in [0.1, 0.15) is 0 Å². The SMILES string of the molecule is CC.CN1CCCC1CCN. The lowest BCUT2D eigenvalue weighted by Crippen LogP contribution is -2.27. The van der Waals surface area contributed by atoms with Crippen molar-refractivity contribution >= 4 is 0 Å². The van der Waals surface area contributed by atoms with Gasteiger partial charge in [-0.15, -0.1) is 0 Å². The van der Waals surface area contributed by atoms with Crippen LogP contribution in [0.3, 0.4) is 0 Å². The molecule has 11 heavy (non-hydrogen) atoms. The standard InChI is InChI=1S/C7H16N2.C2H6/c1-9-6-2-3-7(9)4-5-8;1-2/h7H,2-6,8H2,1H3;1-2H3. The molecule has 1 rings (SSSR count). The van der Waals surface area contributed by atoms with Crippen LogP contribution in [-0.4, -0.2) is 31.1 Å². The summed E-state index contributed by atoms with van der Waals surface area (Å²) in [6.45, 7) is 6.11. The summed E-state index contributed by atoms with van der Waals surface area (Å²) in [5, 5.41) is 0. The molecular weight excluding hydrogens is 136 g/mol. The Bertz CT molecular complexity index is 83.6. The summed E-state index contributed by atoms with van der Waals surface area (Å²) in [6.07, 6.45) is 3.89. The van der Waals surface area contributed by atoms with Gasteiger partial charge in [0.05, 0.1) is 0 Å². The van der Waals surface area contributed by atoms with Crippen LogP contribution in [0.4, 0.5) is 0 Å². The Labute approximate surface area is 70.8 Å². The van der Waals surface area contributed by atoms with E-state index >= 15 is 0 Å². The fourth-order valence-electron chi connectivity index (χ4n) is 1.54. The largest absolute Gasteiger partial charge is 0.330 e. The maximum atomic E-state index is 5.44. The van der Waals surface area contributed by atoms with E-state index in [1.54, 1.807) is 0 Å². The van der Waals surface area contributed by atoms with Crippen LogP contribution in [0.5, 0.6) is 0 Å². The Morgan fingerprint density at radius 3 is 2.45 bits per heavy atom. The first kappa shape index (κ1) is 10.9. The molecule has 68 valence electrons. The fourth-order valence-corrected chi connectivity index (χ4v) is 1.54. The zero-order chi connectivity index (χ0) is 8.69. The predicted octanol–water partition coefficient (Wildman–Crippen LogP) is 1.46. The van der Waals surface area contributed by atoms with E-state index < -0.39 is 0 Å². The van der Waals surface area contributed by atoms with Gasteiger partial charge in [0.2, 0.25) is 0 Å². The third-order valence-corrected chi connectivity index (χ3v) is 2.17. The minimum Gasteiger partial charge on any atom is -0.330 e. The minimum absolute atomic E-state index is 0.787. The predicted molar refractivity (Wildman–Crippen MR) is 50.7 cm³/mol. The quantitative estimate of drug-likeness (QED) is 0.659. The Hall–Kier alpha value is -0.0800. The van der Waals surface area contributed by atoms with Crippen LogP contribution in [0.1, 0.15) is 33.1 Å². The highest BCUT2D eigenvalue weighted by molar-refractivity contribution is 4.75. The lowest BCUT2D eigenvalue weighted by Gasteiger charge is -2.17. The summed E-state index contributed by atoms with van der Waals surface area (Å²) in [5.74, 6) is 0. The van der Waals surface area contributed by atoms with Gasteiger partial charge in [0.15, 0.2) is 0 Å². The van der Waals surface area contributed by atoms with Crippen molar-refractivity contribution in [2.45, 2.75) is 39.2 Å². The van der Waals surface area contributed by atoms with Crippen molar-refractivity contribution in [2.24, 2.45) is 5.73 Å². The number of hydrogen-bond donors (Lipinski definition) is 1. The molecule has 0 aromatic carbocycles. The van der Waals surface area contributed by atoms with Gasteiger partial charge in [0, 0.05) is 6.04 Å². The molecule has 2 N–H and O–H groups in total. The second kappa shape index (κ2) is 6.62. The zero-order valence-electron chi connectivity index (χ0n) is 8.14. The first-order chi connectivity index (χ1) is 5.34. The summed E-state index contributed by atoms with van der Waals surface area (Å²) in [7, 11) is 2.19. The van der Waals surface area contributed by atoms with E-state index in [4.69, 9.17) is 5.73 Å². The van der Waals surface area contributed by atoms with Crippen LogP contribution >= 0.6 is 0 Å². The molecule has 1 aliphatic heterocycles. The van der Waals surface area contributed by atoms with Gasteiger partial charge in [-0.05, 0) is 39.4 Å². The molecule has 0 aromatic rings. The van der Waals surface area contributed by atoms with Crippen LogP contribution in [0.25, 0.3) is 0 Å². The summed E-state index contributed by atoms with van der Waals surface area (Å²) in [4.78, 5) is 2.41. The van der Waals surface area contributed by atoms with Crippen molar-refractivity contribution in [1.29, 1.82) is 0 Å². The van der Waals surface area contributed by atoms with Crippen LogP contribution < -0.4 is 5.73 Å². The van der Waals surface area contributed by atoms with Crippen LogP contribution in [-0.2, 0) is 0 Å². The average Bonchev–Trinajstić information content (AvgIpc) is 2.42. The number of nitrogens with zero attached hydrogens (tertiary/aromatic N) is 1. The molecule has 1 aliphatic rings. The molecule has 1 fully saturated rings. The lowest BCUT2D eigenvalue weighted by molar-refractivity contribution is 0.299. The third-order valence-electron chi connectivity index (χ3n) is 2.17. The summed E-state index contributed by atoms with van der Waals surface area (Å²) in [6, 6.07) is 0.787. The molecule has 0 spiro atoms. The van der Waals surface area contributed by atoms with E-state index in [0.29, 0.717) is 0 Å². The fraction of sp³-hybridized carbons (Fsp3) is 1.00. The Kier molecular flexibility index (Phi) is 6.57. The second-order valence-corrected chi connectivity index (χ2v) is 2.85. The Morgan fingerprint density at radius 1 is 1.45 bits per heavy atom. The maximum Gasteiger partial charge on any atom is 0.0105 e. The average molecular weight is 158 g/mol. The third kappa shape index (κ3) is 3.73. The van der Waals surface area contributed by atoms with E-state index in [0.717, 1.165) is 12.6 Å². The van der Waals surface area contributed by atoms with Gasteiger partial charge in [-0.25, -0.2) is 0 Å². The Balaban J connectivity index is 0.000000461. The molecule has 0 saturated carbocycles. The first-order valence-corrected chi connectivity index (χ1v) is 4.75. The molecule has 1 heterocycles. The number of hydrogen-bond acceptors (Lipinski definition) is 2. The van der Waals surface area contributed by atoms with Crippen LogP contribution in [0, 0.1) is 0 Å². The van der Waals surface area contributed by atoms with Gasteiger partial charge in [-0.2, -0.15) is 0 Å². The van der Waals surface area contributed by atoms with Crippen molar-refractivity contribution in [3.8, 4) is 0 Å². The number of rotatable bonds is 2. The Morgan fingerprint density at radius 2 is 2.09 bits per heavy atom. The number of nitrogens with two attached hydrogens (primary N) is 1.